The molecule has 8 atom stereocenters. The number of methoxy groups -OCH3 is 2. The molecular weight excluding hydrogens is 460 g/mol. The van der Waals surface area contributed by atoms with Crippen molar-refractivity contribution in [2.45, 2.75) is 88.1 Å². The zero-order valence-corrected chi connectivity index (χ0v) is 22.3. The van der Waals surface area contributed by atoms with Crippen LogP contribution in [0.25, 0.3) is 0 Å². The van der Waals surface area contributed by atoms with Crippen LogP contribution >= 0.6 is 0 Å². The fourth-order valence-corrected chi connectivity index (χ4v) is 6.93. The molecular formula is C26H50N6O4. The van der Waals surface area contributed by atoms with Crippen molar-refractivity contribution in [3.05, 3.63) is 0 Å². The molecule has 0 aromatic rings. The van der Waals surface area contributed by atoms with Crippen LogP contribution in [0.2, 0.25) is 0 Å². The highest BCUT2D eigenvalue weighted by molar-refractivity contribution is 5.78. The fourth-order valence-electron chi connectivity index (χ4n) is 6.93. The van der Waals surface area contributed by atoms with Crippen molar-refractivity contribution in [2.75, 3.05) is 53.6 Å². The Bertz CT molecular complexity index is 675. The summed E-state index contributed by atoms with van der Waals surface area (Å²) in [7, 11) is 3.52. The van der Waals surface area contributed by atoms with Gasteiger partial charge in [0.05, 0.1) is 37.3 Å². The third-order valence-corrected chi connectivity index (χ3v) is 9.12. The van der Waals surface area contributed by atoms with Crippen molar-refractivity contribution < 1.29 is 19.0 Å². The Labute approximate surface area is 216 Å². The quantitative estimate of drug-likeness (QED) is 0.289. The predicted molar refractivity (Wildman–Crippen MR) is 139 cm³/mol. The second-order valence-electron chi connectivity index (χ2n) is 11.2. The molecule has 2 saturated carbocycles. The molecule has 0 spiro atoms. The monoisotopic (exact) mass is 510 g/mol. The van der Waals surface area contributed by atoms with Gasteiger partial charge in [-0.3, -0.25) is 9.69 Å². The summed E-state index contributed by atoms with van der Waals surface area (Å²) in [6.45, 7) is 4.52. The van der Waals surface area contributed by atoms with E-state index in [4.69, 9.17) is 25.7 Å². The van der Waals surface area contributed by atoms with Crippen molar-refractivity contribution in [3.63, 3.8) is 0 Å². The van der Waals surface area contributed by atoms with Gasteiger partial charge in [0.15, 0.2) is 0 Å². The Kier molecular flexibility index (Phi) is 10.8. The molecule has 7 N–H and O–H groups in total. The van der Waals surface area contributed by atoms with E-state index in [1.807, 2.05) is 0 Å². The molecule has 0 aromatic carbocycles. The normalized spacial score (nSPS) is 39.1. The van der Waals surface area contributed by atoms with Gasteiger partial charge in [-0.05, 0) is 51.5 Å². The van der Waals surface area contributed by atoms with E-state index in [9.17, 15) is 4.79 Å². The Morgan fingerprint density at radius 1 is 1.14 bits per heavy atom. The third kappa shape index (κ3) is 6.96. The van der Waals surface area contributed by atoms with E-state index in [2.05, 4.69) is 20.9 Å². The maximum absolute atomic E-state index is 13.1. The number of piperidine rings is 1. The average molecular weight is 511 g/mol. The maximum Gasteiger partial charge on any atom is 0.223 e. The Morgan fingerprint density at radius 3 is 2.64 bits per heavy atom. The number of nitrogens with one attached hydrogen (secondary N) is 3. The number of ether oxygens (including phenoxy) is 3. The molecule has 1 amide bonds. The molecule has 8 unspecified atom stereocenters. The standard InChI is InChI=1S/C26H50N6O4/c1-34-21-7-4-8-22(35-2)20(21)14-31-26(33)17-5-3-6-18(13-17)30-16-24(27)32-11-12-36-23-15-29-10-9-19(23)25(32)28/h17-25,29-30H,3-16,27-28H2,1-2H3,(H,31,33). The van der Waals surface area contributed by atoms with Crippen LogP contribution in [0, 0.1) is 17.8 Å². The van der Waals surface area contributed by atoms with Crippen molar-refractivity contribution in [1.29, 1.82) is 0 Å². The highest BCUT2D eigenvalue weighted by atomic mass is 16.5. The van der Waals surface area contributed by atoms with Gasteiger partial charge < -0.3 is 41.6 Å². The number of carbonyl (C=O) groups is 1. The molecule has 0 radical (unpaired) electrons. The number of carbonyl (C=O) groups excluding carboxylic acids is 1. The number of amides is 1. The smallest absolute Gasteiger partial charge is 0.223 e. The summed E-state index contributed by atoms with van der Waals surface area (Å²) in [5.74, 6) is 0.698. The van der Waals surface area contributed by atoms with E-state index in [-0.39, 0.29) is 48.4 Å². The number of rotatable bonds is 9. The van der Waals surface area contributed by atoms with Crippen molar-refractivity contribution >= 4 is 5.91 Å². The Hall–Kier alpha value is -0.850. The first kappa shape index (κ1) is 28.2. The Balaban J connectivity index is 1.23. The second-order valence-corrected chi connectivity index (χ2v) is 11.2. The van der Waals surface area contributed by atoms with Gasteiger partial charge >= 0.3 is 0 Å². The van der Waals surface area contributed by atoms with E-state index in [0.29, 0.717) is 31.7 Å². The van der Waals surface area contributed by atoms with Crippen LogP contribution < -0.4 is 27.4 Å². The van der Waals surface area contributed by atoms with Crippen LogP contribution in [-0.4, -0.2) is 101 Å². The molecule has 4 aliphatic rings. The summed E-state index contributed by atoms with van der Waals surface area (Å²) in [6, 6.07) is 0.291. The molecule has 0 bridgehead atoms. The molecule has 2 aliphatic carbocycles. The SMILES string of the molecule is COC1CCCC(OC)C1CNC(=O)C1CCCC(NCC(N)N2CCOC3CNCCC3C2N)C1. The lowest BCUT2D eigenvalue weighted by Crippen LogP contribution is -2.61. The fraction of sp³-hybridized carbons (Fsp3) is 0.962. The zero-order valence-electron chi connectivity index (χ0n) is 22.3. The first-order valence-corrected chi connectivity index (χ1v) is 14.2. The molecule has 0 aromatic heterocycles. The first-order chi connectivity index (χ1) is 17.5. The van der Waals surface area contributed by atoms with Gasteiger partial charge in [-0.15, -0.1) is 0 Å². The lowest BCUT2D eigenvalue weighted by Gasteiger charge is -2.40. The minimum absolute atomic E-state index is 0.0300. The summed E-state index contributed by atoms with van der Waals surface area (Å²) < 4.78 is 17.5. The summed E-state index contributed by atoms with van der Waals surface area (Å²) in [4.78, 5) is 15.3. The van der Waals surface area contributed by atoms with Crippen LogP contribution in [0.1, 0.15) is 51.4 Å². The van der Waals surface area contributed by atoms with Gasteiger partial charge in [-0.1, -0.05) is 6.42 Å². The van der Waals surface area contributed by atoms with Crippen molar-refractivity contribution in [1.82, 2.24) is 20.9 Å². The molecule has 10 nitrogen and oxygen atoms in total. The van der Waals surface area contributed by atoms with Crippen LogP contribution in [0.15, 0.2) is 0 Å². The average Bonchev–Trinajstić information content (AvgIpc) is 3.09. The third-order valence-electron chi connectivity index (χ3n) is 9.12. The molecule has 4 fully saturated rings. The van der Waals surface area contributed by atoms with Gasteiger partial charge in [-0.2, -0.15) is 0 Å². The first-order valence-electron chi connectivity index (χ1n) is 14.2. The van der Waals surface area contributed by atoms with Gasteiger partial charge in [-0.25, -0.2) is 0 Å². The zero-order chi connectivity index (χ0) is 25.5. The largest absolute Gasteiger partial charge is 0.381 e. The van der Waals surface area contributed by atoms with E-state index in [1.54, 1.807) is 14.2 Å². The van der Waals surface area contributed by atoms with Crippen molar-refractivity contribution in [2.24, 2.45) is 29.2 Å². The number of hydrogen-bond donors (Lipinski definition) is 5. The summed E-state index contributed by atoms with van der Waals surface area (Å²) in [5.41, 5.74) is 13.3. The lowest BCUT2D eigenvalue weighted by molar-refractivity contribution is -0.127. The van der Waals surface area contributed by atoms with Gasteiger partial charge in [0, 0.05) is 64.2 Å². The van der Waals surface area contributed by atoms with E-state index >= 15 is 0 Å². The lowest BCUT2D eigenvalue weighted by atomic mass is 9.82. The number of hydrogen-bond acceptors (Lipinski definition) is 9. The molecule has 36 heavy (non-hydrogen) atoms. The minimum Gasteiger partial charge on any atom is -0.381 e. The van der Waals surface area contributed by atoms with E-state index < -0.39 is 0 Å². The van der Waals surface area contributed by atoms with Crippen LogP contribution in [0.5, 0.6) is 0 Å². The molecule has 2 aliphatic heterocycles. The summed E-state index contributed by atoms with van der Waals surface area (Å²) >= 11 is 0. The van der Waals surface area contributed by atoms with Gasteiger partial charge in [0.25, 0.3) is 0 Å². The number of nitrogens with zero attached hydrogens (tertiary/aromatic N) is 1. The number of nitrogens with two attached hydrogens (primary N) is 2. The highest BCUT2D eigenvalue weighted by Gasteiger charge is 2.38. The topological polar surface area (TPSA) is 136 Å². The molecule has 208 valence electrons. The summed E-state index contributed by atoms with van der Waals surface area (Å²) in [5, 5.41) is 10.3. The van der Waals surface area contributed by atoms with Crippen LogP contribution in [0.4, 0.5) is 0 Å². The molecule has 4 rings (SSSR count). The van der Waals surface area contributed by atoms with E-state index in [1.165, 1.54) is 0 Å². The Morgan fingerprint density at radius 2 is 1.89 bits per heavy atom. The van der Waals surface area contributed by atoms with Crippen molar-refractivity contribution in [3.8, 4) is 0 Å². The molecule has 10 heteroatoms. The minimum atomic E-state index is -0.172. The molecule has 2 heterocycles. The predicted octanol–water partition coefficient (Wildman–Crippen LogP) is -0.0390. The maximum atomic E-state index is 13.1. The number of fused-ring (bicyclic) bond motifs is 1. The second kappa shape index (κ2) is 13.8. The van der Waals surface area contributed by atoms with E-state index in [0.717, 1.165) is 71.0 Å². The highest BCUT2D eigenvalue weighted by Crippen LogP contribution is 2.30. The summed E-state index contributed by atoms with van der Waals surface area (Å²) in [6.07, 6.45) is 8.26. The molecule has 2 saturated heterocycles. The van der Waals surface area contributed by atoms with Crippen LogP contribution in [0.3, 0.4) is 0 Å². The van der Waals surface area contributed by atoms with Gasteiger partial charge in [0.1, 0.15) is 0 Å². The van der Waals surface area contributed by atoms with Crippen LogP contribution in [-0.2, 0) is 19.0 Å². The van der Waals surface area contributed by atoms with Gasteiger partial charge in [0.2, 0.25) is 5.91 Å².